The Hall–Kier alpha value is -3.27. The van der Waals surface area contributed by atoms with Crippen LogP contribution < -0.4 is 14.4 Å². The molecule has 0 fully saturated rings. The number of benzene rings is 3. The van der Waals surface area contributed by atoms with Crippen molar-refractivity contribution in [2.45, 2.75) is 37.8 Å². The molecular formula is C28H31Cl2N3O5S. The fourth-order valence-corrected chi connectivity index (χ4v) is 5.63. The predicted molar refractivity (Wildman–Crippen MR) is 154 cm³/mol. The van der Waals surface area contributed by atoms with Crippen molar-refractivity contribution >= 4 is 50.7 Å². The molecule has 0 spiro atoms. The van der Waals surface area contributed by atoms with Crippen LogP contribution in [-0.4, -0.2) is 51.4 Å². The monoisotopic (exact) mass is 591 g/mol. The standard InChI is InChI=1S/C28H31Cl2N3O5S/c1-4-16-31-28(35)20(2)32(18-21-10-12-22(29)13-11-21)27(34)19-33(23-14-15-26(38-3)25(30)17-23)39(36,37)24-8-6-5-7-9-24/h5-15,17,20H,4,16,18-19H2,1-3H3,(H,31,35). The minimum Gasteiger partial charge on any atom is -0.495 e. The van der Waals surface area contributed by atoms with Crippen LogP contribution >= 0.6 is 23.2 Å². The maximum absolute atomic E-state index is 13.9. The van der Waals surface area contributed by atoms with Gasteiger partial charge in [-0.3, -0.25) is 13.9 Å². The van der Waals surface area contributed by atoms with Crippen molar-refractivity contribution < 1.29 is 22.7 Å². The fraction of sp³-hybridized carbons (Fsp3) is 0.286. The molecule has 3 aromatic rings. The molecule has 8 nitrogen and oxygen atoms in total. The van der Waals surface area contributed by atoms with Gasteiger partial charge in [0.25, 0.3) is 10.0 Å². The molecule has 3 rings (SSSR count). The molecular weight excluding hydrogens is 561 g/mol. The van der Waals surface area contributed by atoms with Crippen molar-refractivity contribution in [1.82, 2.24) is 10.2 Å². The molecule has 0 radical (unpaired) electrons. The average molecular weight is 593 g/mol. The molecule has 1 N–H and O–H groups in total. The van der Waals surface area contributed by atoms with Gasteiger partial charge in [-0.1, -0.05) is 60.5 Å². The van der Waals surface area contributed by atoms with Gasteiger partial charge in [0.15, 0.2) is 0 Å². The zero-order valence-corrected chi connectivity index (χ0v) is 24.3. The van der Waals surface area contributed by atoms with E-state index in [2.05, 4.69) is 5.32 Å². The van der Waals surface area contributed by atoms with E-state index >= 15 is 0 Å². The number of hydrogen-bond donors (Lipinski definition) is 1. The molecule has 0 aliphatic carbocycles. The number of halogens is 2. The smallest absolute Gasteiger partial charge is 0.264 e. The summed E-state index contributed by atoms with van der Waals surface area (Å²) in [7, 11) is -2.74. The van der Waals surface area contributed by atoms with Crippen molar-refractivity contribution in [3.05, 3.63) is 88.4 Å². The number of sulfonamides is 1. The molecule has 11 heteroatoms. The third-order valence-corrected chi connectivity index (χ3v) is 8.35. The van der Waals surface area contributed by atoms with Crippen molar-refractivity contribution in [2.24, 2.45) is 0 Å². The zero-order valence-electron chi connectivity index (χ0n) is 21.9. The van der Waals surface area contributed by atoms with Crippen LogP contribution in [0.1, 0.15) is 25.8 Å². The first-order valence-corrected chi connectivity index (χ1v) is 14.5. The Balaban J connectivity index is 2.03. The van der Waals surface area contributed by atoms with Gasteiger partial charge in [-0.15, -0.1) is 0 Å². The number of carbonyl (C=O) groups excluding carboxylic acids is 2. The highest BCUT2D eigenvalue weighted by Crippen LogP contribution is 2.32. The molecule has 3 aromatic carbocycles. The van der Waals surface area contributed by atoms with E-state index in [-0.39, 0.29) is 28.1 Å². The molecule has 0 aromatic heterocycles. The number of rotatable bonds is 12. The molecule has 0 bridgehead atoms. The Morgan fingerprint density at radius 3 is 2.26 bits per heavy atom. The van der Waals surface area contributed by atoms with Gasteiger partial charge in [0, 0.05) is 18.1 Å². The lowest BCUT2D eigenvalue weighted by Crippen LogP contribution is -2.51. The summed E-state index contributed by atoms with van der Waals surface area (Å²) in [6.07, 6.45) is 0.727. The molecule has 0 aliphatic rings. The summed E-state index contributed by atoms with van der Waals surface area (Å²) in [5.74, 6) is -0.561. The number of hydrogen-bond acceptors (Lipinski definition) is 5. The number of methoxy groups -OCH3 is 1. The summed E-state index contributed by atoms with van der Waals surface area (Å²) >= 11 is 12.3. The van der Waals surface area contributed by atoms with Crippen LogP contribution in [-0.2, 0) is 26.2 Å². The van der Waals surface area contributed by atoms with E-state index in [0.29, 0.717) is 17.3 Å². The molecule has 208 valence electrons. The maximum Gasteiger partial charge on any atom is 0.264 e. The second-order valence-corrected chi connectivity index (χ2v) is 11.5. The summed E-state index contributed by atoms with van der Waals surface area (Å²) < 4.78 is 33.8. The van der Waals surface area contributed by atoms with E-state index in [1.54, 1.807) is 49.4 Å². The van der Waals surface area contributed by atoms with Crippen LogP contribution in [0.2, 0.25) is 10.0 Å². The average Bonchev–Trinajstić information content (AvgIpc) is 2.94. The number of nitrogens with zero attached hydrogens (tertiary/aromatic N) is 2. The third kappa shape index (κ3) is 7.65. The molecule has 2 amide bonds. The van der Waals surface area contributed by atoms with Gasteiger partial charge in [0.2, 0.25) is 11.8 Å². The summed E-state index contributed by atoms with van der Waals surface area (Å²) in [5.41, 5.74) is 0.903. The van der Waals surface area contributed by atoms with Gasteiger partial charge >= 0.3 is 0 Å². The Labute approximate surface area is 239 Å². The first kappa shape index (κ1) is 30.3. The molecule has 1 atom stereocenters. The maximum atomic E-state index is 13.9. The number of ether oxygens (including phenoxy) is 1. The lowest BCUT2D eigenvalue weighted by Gasteiger charge is -2.32. The highest BCUT2D eigenvalue weighted by Gasteiger charge is 2.32. The summed E-state index contributed by atoms with van der Waals surface area (Å²) in [6, 6.07) is 18.3. The first-order valence-electron chi connectivity index (χ1n) is 12.3. The lowest BCUT2D eigenvalue weighted by atomic mass is 10.1. The normalized spacial score (nSPS) is 11.9. The largest absolute Gasteiger partial charge is 0.495 e. The van der Waals surface area contributed by atoms with Gasteiger partial charge in [-0.25, -0.2) is 8.42 Å². The highest BCUT2D eigenvalue weighted by molar-refractivity contribution is 7.92. The van der Waals surface area contributed by atoms with E-state index in [9.17, 15) is 18.0 Å². The molecule has 0 aliphatic heterocycles. The number of carbonyl (C=O) groups is 2. The van der Waals surface area contributed by atoms with E-state index in [0.717, 1.165) is 16.3 Å². The third-order valence-electron chi connectivity index (χ3n) is 6.02. The second-order valence-electron chi connectivity index (χ2n) is 8.76. The van der Waals surface area contributed by atoms with Crippen molar-refractivity contribution in [1.29, 1.82) is 0 Å². The van der Waals surface area contributed by atoms with Crippen LogP contribution in [0, 0.1) is 0 Å². The summed E-state index contributed by atoms with van der Waals surface area (Å²) in [5, 5.41) is 3.52. The number of amides is 2. The molecule has 0 saturated heterocycles. The van der Waals surface area contributed by atoms with Crippen molar-refractivity contribution in [2.75, 3.05) is 24.5 Å². The summed E-state index contributed by atoms with van der Waals surface area (Å²) in [4.78, 5) is 28.1. The van der Waals surface area contributed by atoms with Crippen LogP contribution in [0.5, 0.6) is 5.75 Å². The zero-order chi connectivity index (χ0) is 28.6. The Morgan fingerprint density at radius 1 is 1.00 bits per heavy atom. The van der Waals surface area contributed by atoms with Gasteiger partial charge in [-0.2, -0.15) is 0 Å². The number of anilines is 1. The quantitative estimate of drug-likeness (QED) is 0.314. The van der Waals surface area contributed by atoms with Crippen LogP contribution in [0.15, 0.2) is 77.7 Å². The molecule has 0 heterocycles. The topological polar surface area (TPSA) is 96.0 Å². The summed E-state index contributed by atoms with van der Waals surface area (Å²) in [6.45, 7) is 3.48. The fourth-order valence-electron chi connectivity index (χ4n) is 3.82. The van der Waals surface area contributed by atoms with Gasteiger partial charge in [0.1, 0.15) is 18.3 Å². The van der Waals surface area contributed by atoms with E-state index < -0.39 is 28.5 Å². The van der Waals surface area contributed by atoms with Gasteiger partial charge in [0.05, 0.1) is 22.7 Å². The lowest BCUT2D eigenvalue weighted by molar-refractivity contribution is -0.139. The Bertz CT molecular complexity index is 1390. The van der Waals surface area contributed by atoms with Crippen molar-refractivity contribution in [3.63, 3.8) is 0 Å². The predicted octanol–water partition coefficient (Wildman–Crippen LogP) is 5.14. The van der Waals surface area contributed by atoms with Crippen LogP contribution in [0.4, 0.5) is 5.69 Å². The van der Waals surface area contributed by atoms with E-state index in [1.165, 1.54) is 42.3 Å². The van der Waals surface area contributed by atoms with Crippen LogP contribution in [0.25, 0.3) is 0 Å². The number of nitrogens with one attached hydrogen (secondary N) is 1. The molecule has 1 unspecified atom stereocenters. The Morgan fingerprint density at radius 2 is 1.67 bits per heavy atom. The second kappa shape index (κ2) is 13.7. The van der Waals surface area contributed by atoms with E-state index in [1.807, 2.05) is 6.92 Å². The van der Waals surface area contributed by atoms with E-state index in [4.69, 9.17) is 27.9 Å². The first-order chi connectivity index (χ1) is 18.6. The van der Waals surface area contributed by atoms with Gasteiger partial charge in [-0.05, 0) is 61.4 Å². The minimum absolute atomic E-state index is 0.00253. The van der Waals surface area contributed by atoms with Gasteiger partial charge < -0.3 is 15.0 Å². The minimum atomic E-state index is -4.19. The Kier molecular flexibility index (Phi) is 10.6. The SMILES string of the molecule is CCCNC(=O)C(C)N(Cc1ccc(Cl)cc1)C(=O)CN(c1ccc(OC)c(Cl)c1)S(=O)(=O)c1ccccc1. The highest BCUT2D eigenvalue weighted by atomic mass is 35.5. The van der Waals surface area contributed by atoms with Crippen LogP contribution in [0.3, 0.4) is 0 Å². The van der Waals surface area contributed by atoms with Crippen molar-refractivity contribution in [3.8, 4) is 5.75 Å². The molecule has 39 heavy (non-hydrogen) atoms. The molecule has 0 saturated carbocycles.